The molecule has 2 aromatic carbocycles. The van der Waals surface area contributed by atoms with E-state index >= 15 is 0 Å². The van der Waals surface area contributed by atoms with Crippen molar-refractivity contribution in [1.29, 1.82) is 5.26 Å². The Morgan fingerprint density at radius 1 is 1.15 bits per heavy atom. The van der Waals surface area contributed by atoms with Crippen LogP contribution in [0.4, 0.5) is 4.79 Å². The lowest BCUT2D eigenvalue weighted by Gasteiger charge is -2.22. The van der Waals surface area contributed by atoms with E-state index in [9.17, 15) is 14.7 Å². The van der Waals surface area contributed by atoms with Crippen molar-refractivity contribution in [2.24, 2.45) is 0 Å². The van der Waals surface area contributed by atoms with Crippen molar-refractivity contribution >= 4 is 23.0 Å². The number of amides is 1. The van der Waals surface area contributed by atoms with Gasteiger partial charge in [0.05, 0.1) is 11.6 Å². The van der Waals surface area contributed by atoms with Crippen LogP contribution in [0.5, 0.6) is 0 Å². The third kappa shape index (κ3) is 7.26. The summed E-state index contributed by atoms with van der Waals surface area (Å²) in [7, 11) is 0. The number of carbonyl (C=O) groups excluding carboxylic acids is 1. The van der Waals surface area contributed by atoms with Crippen LogP contribution in [0, 0.1) is 11.3 Å². The number of carbonyl (C=O) groups is 2. The van der Waals surface area contributed by atoms with Gasteiger partial charge in [0, 0.05) is 48.1 Å². The van der Waals surface area contributed by atoms with Gasteiger partial charge >= 0.3 is 12.1 Å². The van der Waals surface area contributed by atoms with Crippen LogP contribution in [0.25, 0.3) is 22.2 Å². The molecule has 0 aliphatic heterocycles. The fraction of sp³-hybridized carbons (Fsp3) is 0.333. The van der Waals surface area contributed by atoms with Crippen LogP contribution in [-0.4, -0.2) is 38.5 Å². The lowest BCUT2D eigenvalue weighted by atomic mass is 10.1. The van der Waals surface area contributed by atoms with E-state index in [0.717, 1.165) is 53.6 Å². The summed E-state index contributed by atoms with van der Waals surface area (Å²) in [5.41, 5.74) is 3.25. The average molecular weight is 529 g/mol. The highest BCUT2D eigenvalue weighted by Crippen LogP contribution is 2.25. The first-order chi connectivity index (χ1) is 18.6. The lowest BCUT2D eigenvalue weighted by molar-refractivity contribution is -0.139. The normalized spacial score (nSPS) is 12.2. The third-order valence-corrected chi connectivity index (χ3v) is 6.20. The van der Waals surface area contributed by atoms with Crippen molar-refractivity contribution in [3.63, 3.8) is 0 Å². The Hall–Kier alpha value is -4.58. The zero-order chi connectivity index (χ0) is 28.0. The second-order valence-corrected chi connectivity index (χ2v) is 10.4. The molecule has 39 heavy (non-hydrogen) atoms. The van der Waals surface area contributed by atoms with Crippen molar-refractivity contribution in [3.05, 3.63) is 77.7 Å². The summed E-state index contributed by atoms with van der Waals surface area (Å²) in [6.45, 7) is 5.92. The monoisotopic (exact) mass is 528 g/mol. The predicted octanol–water partition coefficient (Wildman–Crippen LogP) is 5.71. The second-order valence-electron chi connectivity index (χ2n) is 10.4. The number of alkyl carbamates (subject to hydrolysis) is 1. The largest absolute Gasteiger partial charge is 0.480 e. The number of benzene rings is 2. The molecule has 4 aromatic rings. The van der Waals surface area contributed by atoms with E-state index in [1.54, 1.807) is 32.9 Å². The van der Waals surface area contributed by atoms with E-state index in [2.05, 4.69) is 21.1 Å². The Labute approximate surface area is 227 Å². The minimum atomic E-state index is -1.12. The molecule has 0 saturated heterocycles. The summed E-state index contributed by atoms with van der Waals surface area (Å²) in [6.07, 6.45) is 3.80. The number of fused-ring (bicyclic) bond motifs is 1. The van der Waals surface area contributed by atoms with E-state index in [0.29, 0.717) is 11.3 Å². The van der Waals surface area contributed by atoms with Crippen LogP contribution in [-0.2, 0) is 28.9 Å². The molecule has 1 amide bonds. The first-order valence-corrected chi connectivity index (χ1v) is 12.9. The number of aliphatic carboxylic acids is 1. The lowest BCUT2D eigenvalue weighted by Crippen LogP contribution is -2.44. The van der Waals surface area contributed by atoms with Gasteiger partial charge in [0.2, 0.25) is 0 Å². The number of hydrogen-bond donors (Lipinski definition) is 2. The molecule has 0 aliphatic carbocycles. The maximum Gasteiger partial charge on any atom is 0.408 e. The number of nitrogens with one attached hydrogen (secondary N) is 1. The number of nitriles is 1. The molecule has 2 N–H and O–H groups in total. The SMILES string of the molecule is CC(C)(C)OC(=O)N[C@@H](Cc1cn(CCCCc2cc(-c3cccc(C#N)c3)no2)c2ccccc12)C(=O)O. The molecule has 0 aliphatic rings. The third-order valence-electron chi connectivity index (χ3n) is 6.20. The molecule has 9 nitrogen and oxygen atoms in total. The summed E-state index contributed by atoms with van der Waals surface area (Å²) in [5, 5.41) is 26.4. The van der Waals surface area contributed by atoms with Gasteiger partial charge in [-0.25, -0.2) is 9.59 Å². The Morgan fingerprint density at radius 3 is 2.69 bits per heavy atom. The number of nitrogens with zero attached hydrogens (tertiary/aromatic N) is 3. The number of hydrogen-bond acceptors (Lipinski definition) is 6. The molecule has 0 bridgehead atoms. The van der Waals surface area contributed by atoms with Gasteiger partial charge < -0.3 is 24.3 Å². The van der Waals surface area contributed by atoms with Crippen LogP contribution < -0.4 is 5.32 Å². The number of rotatable bonds is 10. The number of aromatic nitrogens is 2. The number of para-hydroxylation sites is 1. The summed E-state index contributed by atoms with van der Waals surface area (Å²) >= 11 is 0. The van der Waals surface area contributed by atoms with Gasteiger partial charge in [-0.15, -0.1) is 0 Å². The van der Waals surface area contributed by atoms with Crippen LogP contribution in [0.1, 0.15) is 50.5 Å². The molecule has 0 spiro atoms. The molecule has 2 heterocycles. The topological polar surface area (TPSA) is 130 Å². The zero-order valence-electron chi connectivity index (χ0n) is 22.3. The Bertz CT molecular complexity index is 1510. The molecule has 9 heteroatoms. The smallest absolute Gasteiger partial charge is 0.408 e. The molecule has 4 rings (SSSR count). The molecule has 1 atom stereocenters. The van der Waals surface area contributed by atoms with Gasteiger partial charge in [-0.2, -0.15) is 5.26 Å². The number of carboxylic acids is 1. The van der Waals surface area contributed by atoms with E-state index in [-0.39, 0.29) is 6.42 Å². The molecule has 0 saturated carbocycles. The zero-order valence-corrected chi connectivity index (χ0v) is 22.3. The minimum Gasteiger partial charge on any atom is -0.480 e. The highest BCUT2D eigenvalue weighted by molar-refractivity contribution is 5.86. The summed E-state index contributed by atoms with van der Waals surface area (Å²) in [5.74, 6) is -0.341. The quantitative estimate of drug-likeness (QED) is 0.252. The number of ether oxygens (including phenoxy) is 1. The van der Waals surface area contributed by atoms with Gasteiger partial charge in [0.25, 0.3) is 0 Å². The summed E-state index contributed by atoms with van der Waals surface area (Å²) in [4.78, 5) is 24.1. The highest BCUT2D eigenvalue weighted by atomic mass is 16.6. The molecule has 2 aromatic heterocycles. The standard InChI is InChI=1S/C30H32N4O5/c1-30(2,3)38-29(37)32-26(28(35)36)16-22-19-34(27-13-5-4-12-24(22)27)14-7-6-11-23-17-25(33-39-23)21-10-8-9-20(15-21)18-31/h4-5,8-10,12-13,15,17,19,26H,6-7,11,14,16H2,1-3H3,(H,32,37)(H,35,36)/t26-/m0/s1. The van der Waals surface area contributed by atoms with Gasteiger partial charge in [0.15, 0.2) is 0 Å². The van der Waals surface area contributed by atoms with E-state index < -0.39 is 23.7 Å². The van der Waals surface area contributed by atoms with Crippen LogP contribution >= 0.6 is 0 Å². The fourth-order valence-electron chi connectivity index (χ4n) is 4.44. The number of unbranched alkanes of at least 4 members (excludes halogenated alkanes) is 1. The molecular weight excluding hydrogens is 496 g/mol. The Balaban J connectivity index is 1.39. The molecule has 0 fully saturated rings. The molecular formula is C30H32N4O5. The average Bonchev–Trinajstić information content (AvgIpc) is 3.50. The van der Waals surface area contributed by atoms with Crippen molar-refractivity contribution in [3.8, 4) is 17.3 Å². The highest BCUT2D eigenvalue weighted by Gasteiger charge is 2.25. The van der Waals surface area contributed by atoms with Crippen LogP contribution in [0.2, 0.25) is 0 Å². The maximum absolute atomic E-state index is 12.2. The van der Waals surface area contributed by atoms with Gasteiger partial charge in [-0.3, -0.25) is 0 Å². The van der Waals surface area contributed by atoms with Crippen LogP contribution in [0.15, 0.2) is 65.3 Å². The predicted molar refractivity (Wildman–Crippen MR) is 146 cm³/mol. The molecule has 202 valence electrons. The van der Waals surface area contributed by atoms with Crippen molar-refractivity contribution < 1.29 is 24.0 Å². The fourth-order valence-corrected chi connectivity index (χ4v) is 4.44. The molecule has 0 unspecified atom stereocenters. The van der Waals surface area contributed by atoms with Crippen molar-refractivity contribution in [2.75, 3.05) is 0 Å². The van der Waals surface area contributed by atoms with Gasteiger partial charge in [-0.1, -0.05) is 35.5 Å². The number of carboxylic acid groups (broad SMARTS) is 1. The van der Waals surface area contributed by atoms with Crippen molar-refractivity contribution in [1.82, 2.24) is 15.0 Å². The Morgan fingerprint density at radius 2 is 1.95 bits per heavy atom. The van der Waals surface area contributed by atoms with Gasteiger partial charge in [-0.05, 0) is 57.4 Å². The van der Waals surface area contributed by atoms with E-state index in [1.165, 1.54) is 0 Å². The second kappa shape index (κ2) is 11.9. The van der Waals surface area contributed by atoms with E-state index in [1.807, 2.05) is 48.7 Å². The van der Waals surface area contributed by atoms with Crippen LogP contribution in [0.3, 0.4) is 0 Å². The van der Waals surface area contributed by atoms with Crippen molar-refractivity contribution in [2.45, 2.75) is 64.6 Å². The first kappa shape index (κ1) is 27.5. The molecule has 0 radical (unpaired) electrons. The van der Waals surface area contributed by atoms with Gasteiger partial charge in [0.1, 0.15) is 23.1 Å². The maximum atomic E-state index is 12.2. The first-order valence-electron chi connectivity index (χ1n) is 12.9. The number of aryl methyl sites for hydroxylation is 2. The van der Waals surface area contributed by atoms with E-state index in [4.69, 9.17) is 14.5 Å². The summed E-state index contributed by atoms with van der Waals surface area (Å²) < 4.78 is 12.9. The summed E-state index contributed by atoms with van der Waals surface area (Å²) in [6, 6.07) is 18.0. The Kier molecular flexibility index (Phi) is 8.35. The minimum absolute atomic E-state index is 0.135.